The summed E-state index contributed by atoms with van der Waals surface area (Å²) >= 11 is 6.82. The molecule has 5 N–H and O–H groups in total. The highest BCUT2D eigenvalue weighted by Crippen LogP contribution is 2.37. The molecule has 0 bridgehead atoms. The maximum atomic E-state index is 11.8. The lowest BCUT2D eigenvalue weighted by Gasteiger charge is -2.19. The van der Waals surface area contributed by atoms with Gasteiger partial charge in [0.15, 0.2) is 5.11 Å². The Labute approximate surface area is 163 Å². The Morgan fingerprint density at radius 2 is 1.85 bits per heavy atom. The first-order valence-electron chi connectivity index (χ1n) is 8.63. The van der Waals surface area contributed by atoms with Crippen molar-refractivity contribution < 1.29 is 14.3 Å². The number of thiocarbonyl (C=S) groups is 1. The molecule has 144 valence electrons. The Morgan fingerprint density at radius 3 is 2.50 bits per heavy atom. The molecule has 1 aliphatic rings. The van der Waals surface area contributed by atoms with Gasteiger partial charge in [-0.05, 0) is 64.2 Å². The number of primary amides is 1. The average Bonchev–Trinajstić information content (AvgIpc) is 2.87. The van der Waals surface area contributed by atoms with Gasteiger partial charge in [0, 0.05) is 18.0 Å². The minimum absolute atomic E-state index is 0.361. The third-order valence-corrected chi connectivity index (χ3v) is 5.18. The van der Waals surface area contributed by atoms with Gasteiger partial charge in [-0.1, -0.05) is 0 Å². The second kappa shape index (κ2) is 8.68. The van der Waals surface area contributed by atoms with Gasteiger partial charge in [0.25, 0.3) is 5.91 Å². The normalized spacial score (nSPS) is 13.5. The summed E-state index contributed by atoms with van der Waals surface area (Å²) in [6.07, 6.45) is 3.58. The zero-order chi connectivity index (χ0) is 19.3. The summed E-state index contributed by atoms with van der Waals surface area (Å²) in [6.45, 7) is 6.21. The van der Waals surface area contributed by atoms with E-state index in [1.54, 1.807) is 20.8 Å². The van der Waals surface area contributed by atoms with Crippen molar-refractivity contribution >= 4 is 45.7 Å². The Morgan fingerprint density at radius 1 is 1.19 bits per heavy atom. The minimum Gasteiger partial charge on any atom is -0.444 e. The number of anilines is 1. The molecular formula is C17H26N4O3S2. The Kier molecular flexibility index (Phi) is 6.82. The Hall–Kier alpha value is -1.87. The van der Waals surface area contributed by atoms with Gasteiger partial charge < -0.3 is 26.4 Å². The van der Waals surface area contributed by atoms with Crippen molar-refractivity contribution in [3.8, 4) is 0 Å². The number of ether oxygens (including phenoxy) is 1. The number of fused-ring (bicyclic) bond motifs is 1. The average molecular weight is 399 g/mol. The highest BCUT2D eigenvalue weighted by atomic mass is 32.1. The van der Waals surface area contributed by atoms with Crippen LogP contribution in [-0.4, -0.2) is 35.8 Å². The molecule has 0 saturated carbocycles. The first-order valence-corrected chi connectivity index (χ1v) is 9.86. The van der Waals surface area contributed by atoms with Crippen LogP contribution in [0.3, 0.4) is 0 Å². The molecule has 0 unspecified atom stereocenters. The van der Waals surface area contributed by atoms with Gasteiger partial charge in [-0.15, -0.1) is 11.3 Å². The van der Waals surface area contributed by atoms with E-state index in [0.717, 1.165) is 31.2 Å². The molecule has 1 aliphatic carbocycles. The van der Waals surface area contributed by atoms with Gasteiger partial charge in [-0.3, -0.25) is 4.79 Å². The fourth-order valence-corrected chi connectivity index (χ4v) is 4.28. The Bertz CT molecular complexity index is 695. The molecule has 0 spiro atoms. The minimum atomic E-state index is -0.530. The molecule has 2 rings (SSSR count). The van der Waals surface area contributed by atoms with Crippen LogP contribution in [0.1, 0.15) is 54.4 Å². The van der Waals surface area contributed by atoms with Crippen LogP contribution in [0.4, 0.5) is 9.80 Å². The number of rotatable bonds is 5. The van der Waals surface area contributed by atoms with Crippen LogP contribution in [0.2, 0.25) is 0 Å². The SMILES string of the molecule is CC(C)(C)OC(=O)NCCNC(=S)Nc1sc2c(c1C(N)=O)CCCC2. The fraction of sp³-hybridized carbons (Fsp3) is 0.588. The third-order valence-electron chi connectivity index (χ3n) is 3.72. The summed E-state index contributed by atoms with van der Waals surface area (Å²) in [6, 6.07) is 0. The number of amides is 2. The lowest BCUT2D eigenvalue weighted by molar-refractivity contribution is 0.0528. The van der Waals surface area contributed by atoms with Crippen molar-refractivity contribution in [3.63, 3.8) is 0 Å². The summed E-state index contributed by atoms with van der Waals surface area (Å²) in [5.74, 6) is -0.429. The van der Waals surface area contributed by atoms with Crippen LogP contribution in [0.5, 0.6) is 0 Å². The van der Waals surface area contributed by atoms with Crippen molar-refractivity contribution in [3.05, 3.63) is 16.0 Å². The quantitative estimate of drug-likeness (QED) is 0.449. The third kappa shape index (κ3) is 5.84. The number of alkyl carbamates (subject to hydrolysis) is 1. The van der Waals surface area contributed by atoms with Crippen LogP contribution < -0.4 is 21.7 Å². The number of nitrogens with two attached hydrogens (primary N) is 1. The zero-order valence-electron chi connectivity index (χ0n) is 15.4. The molecule has 0 atom stereocenters. The number of hydrogen-bond donors (Lipinski definition) is 4. The van der Waals surface area contributed by atoms with E-state index in [1.807, 2.05) is 0 Å². The van der Waals surface area contributed by atoms with E-state index in [-0.39, 0.29) is 0 Å². The van der Waals surface area contributed by atoms with Gasteiger partial charge in [0.05, 0.1) is 5.56 Å². The second-order valence-corrected chi connectivity index (χ2v) is 8.60. The van der Waals surface area contributed by atoms with Crippen molar-refractivity contribution in [2.24, 2.45) is 5.73 Å². The van der Waals surface area contributed by atoms with Crippen LogP contribution in [0, 0.1) is 0 Å². The first kappa shape index (κ1) is 20.4. The summed E-state index contributed by atoms with van der Waals surface area (Å²) < 4.78 is 5.15. The number of nitrogens with one attached hydrogen (secondary N) is 3. The number of aryl methyl sites for hydroxylation is 1. The molecule has 1 aromatic rings. The number of carbonyl (C=O) groups is 2. The molecule has 1 heterocycles. The topological polar surface area (TPSA) is 105 Å². The molecule has 0 aromatic carbocycles. The largest absolute Gasteiger partial charge is 0.444 e. The molecule has 7 nitrogen and oxygen atoms in total. The Balaban J connectivity index is 1.84. The molecule has 2 amide bonds. The second-order valence-electron chi connectivity index (χ2n) is 7.09. The van der Waals surface area contributed by atoms with E-state index >= 15 is 0 Å². The van der Waals surface area contributed by atoms with Crippen molar-refractivity contribution in [1.29, 1.82) is 0 Å². The number of carbonyl (C=O) groups excluding carboxylic acids is 2. The van der Waals surface area contributed by atoms with Gasteiger partial charge in [-0.2, -0.15) is 0 Å². The van der Waals surface area contributed by atoms with E-state index in [1.165, 1.54) is 16.2 Å². The van der Waals surface area contributed by atoms with Crippen LogP contribution in [-0.2, 0) is 17.6 Å². The number of hydrogen-bond acceptors (Lipinski definition) is 5. The molecule has 0 fully saturated rings. The van der Waals surface area contributed by atoms with Gasteiger partial charge in [-0.25, -0.2) is 4.79 Å². The number of thiophene rings is 1. The van der Waals surface area contributed by atoms with E-state index in [0.29, 0.717) is 28.8 Å². The molecule has 1 aromatic heterocycles. The van der Waals surface area contributed by atoms with Gasteiger partial charge >= 0.3 is 6.09 Å². The van der Waals surface area contributed by atoms with Crippen molar-refractivity contribution in [2.75, 3.05) is 18.4 Å². The fourth-order valence-electron chi connectivity index (χ4n) is 2.72. The van der Waals surface area contributed by atoms with E-state index in [4.69, 9.17) is 22.7 Å². The zero-order valence-corrected chi connectivity index (χ0v) is 17.0. The molecule has 0 saturated heterocycles. The van der Waals surface area contributed by atoms with E-state index in [9.17, 15) is 9.59 Å². The maximum absolute atomic E-state index is 11.8. The summed E-state index contributed by atoms with van der Waals surface area (Å²) in [5.41, 5.74) is 6.65. The van der Waals surface area contributed by atoms with Crippen molar-refractivity contribution in [2.45, 2.75) is 52.1 Å². The first-order chi connectivity index (χ1) is 12.2. The van der Waals surface area contributed by atoms with E-state index in [2.05, 4.69) is 16.0 Å². The highest BCUT2D eigenvalue weighted by Gasteiger charge is 2.24. The molecule has 0 aliphatic heterocycles. The monoisotopic (exact) mass is 398 g/mol. The lowest BCUT2D eigenvalue weighted by atomic mass is 9.95. The molecule has 9 heteroatoms. The van der Waals surface area contributed by atoms with E-state index < -0.39 is 17.6 Å². The van der Waals surface area contributed by atoms with Crippen LogP contribution in [0.25, 0.3) is 0 Å². The standard InChI is InChI=1S/C17H26N4O3S2/c1-17(2,3)24-16(23)20-9-8-19-15(25)21-14-12(13(18)22)10-6-4-5-7-11(10)26-14/h4-9H2,1-3H3,(H2,18,22)(H,20,23)(H2,19,21,25). The smallest absolute Gasteiger partial charge is 0.407 e. The summed E-state index contributed by atoms with van der Waals surface area (Å²) in [5, 5.41) is 9.80. The maximum Gasteiger partial charge on any atom is 0.407 e. The molecular weight excluding hydrogens is 372 g/mol. The lowest BCUT2D eigenvalue weighted by Crippen LogP contribution is -2.39. The van der Waals surface area contributed by atoms with Crippen LogP contribution in [0.15, 0.2) is 0 Å². The molecule has 0 radical (unpaired) electrons. The summed E-state index contributed by atoms with van der Waals surface area (Å²) in [4.78, 5) is 24.6. The van der Waals surface area contributed by atoms with Crippen molar-refractivity contribution in [1.82, 2.24) is 10.6 Å². The predicted molar refractivity (Wildman–Crippen MR) is 108 cm³/mol. The molecule has 26 heavy (non-hydrogen) atoms. The van der Waals surface area contributed by atoms with Crippen LogP contribution >= 0.6 is 23.6 Å². The van der Waals surface area contributed by atoms with Gasteiger partial charge in [0.2, 0.25) is 0 Å². The van der Waals surface area contributed by atoms with Gasteiger partial charge in [0.1, 0.15) is 10.6 Å². The summed E-state index contributed by atoms with van der Waals surface area (Å²) in [7, 11) is 0. The highest BCUT2D eigenvalue weighted by molar-refractivity contribution is 7.80. The predicted octanol–water partition coefficient (Wildman–Crippen LogP) is 2.54.